The first-order chi connectivity index (χ1) is 10.7. The number of benzene rings is 1. The van der Waals surface area contributed by atoms with E-state index in [-0.39, 0.29) is 11.7 Å². The molecule has 0 unspecified atom stereocenters. The van der Waals surface area contributed by atoms with E-state index in [2.05, 4.69) is 0 Å². The fraction of sp³-hybridized carbons (Fsp3) is 0.647. The maximum absolute atomic E-state index is 14.3. The Morgan fingerprint density at radius 1 is 1.14 bits per heavy atom. The minimum Gasteiger partial charge on any atom is -0.490 e. The van der Waals surface area contributed by atoms with Crippen molar-refractivity contribution in [3.05, 3.63) is 29.3 Å². The number of ether oxygens (including phenoxy) is 3. The van der Waals surface area contributed by atoms with Gasteiger partial charge in [0, 0.05) is 12.8 Å². The molecule has 1 saturated carbocycles. The van der Waals surface area contributed by atoms with Crippen molar-refractivity contribution in [1.29, 1.82) is 0 Å². The summed E-state index contributed by atoms with van der Waals surface area (Å²) in [7, 11) is 0. The largest absolute Gasteiger partial charge is 0.490 e. The van der Waals surface area contributed by atoms with Gasteiger partial charge in [0.1, 0.15) is 0 Å². The van der Waals surface area contributed by atoms with Crippen molar-refractivity contribution in [2.75, 3.05) is 19.8 Å². The molecule has 1 heterocycles. The van der Waals surface area contributed by atoms with Gasteiger partial charge in [0.25, 0.3) is 0 Å². The summed E-state index contributed by atoms with van der Waals surface area (Å²) in [6.45, 7) is 3.55. The molecule has 0 N–H and O–H groups in total. The molecule has 0 bridgehead atoms. The van der Waals surface area contributed by atoms with Gasteiger partial charge in [0.15, 0.2) is 17.4 Å². The Balaban J connectivity index is 1.71. The molecule has 5 heteroatoms. The highest BCUT2D eigenvalue weighted by Gasteiger charge is 2.41. The van der Waals surface area contributed by atoms with Gasteiger partial charge in [0.05, 0.1) is 19.8 Å². The topological polar surface area (TPSA) is 27.7 Å². The van der Waals surface area contributed by atoms with Gasteiger partial charge in [-0.1, -0.05) is 13.0 Å². The van der Waals surface area contributed by atoms with Crippen LogP contribution in [0.15, 0.2) is 12.1 Å². The monoisotopic (exact) mass is 312 g/mol. The van der Waals surface area contributed by atoms with Gasteiger partial charge in [-0.15, -0.1) is 0 Å². The molecule has 0 atom stereocenters. The Morgan fingerprint density at radius 2 is 1.82 bits per heavy atom. The molecule has 1 aliphatic heterocycles. The summed E-state index contributed by atoms with van der Waals surface area (Å²) < 4.78 is 45.0. The smallest absolute Gasteiger partial charge is 0.200 e. The average Bonchev–Trinajstić information content (AvgIpc) is 2.98. The molecule has 2 aliphatic rings. The minimum absolute atomic E-state index is 0.00200. The molecule has 1 aliphatic carbocycles. The summed E-state index contributed by atoms with van der Waals surface area (Å²) in [5.74, 6) is -2.12. The van der Waals surface area contributed by atoms with Crippen LogP contribution in [-0.4, -0.2) is 25.6 Å². The molecule has 1 spiro atoms. The van der Waals surface area contributed by atoms with Crippen molar-refractivity contribution in [2.45, 2.75) is 50.7 Å². The van der Waals surface area contributed by atoms with E-state index in [1.165, 1.54) is 6.07 Å². The van der Waals surface area contributed by atoms with E-state index in [1.807, 2.05) is 6.92 Å². The zero-order valence-corrected chi connectivity index (χ0v) is 12.9. The van der Waals surface area contributed by atoms with Gasteiger partial charge in [-0.05, 0) is 36.8 Å². The molecule has 3 nitrogen and oxygen atoms in total. The van der Waals surface area contributed by atoms with Crippen LogP contribution < -0.4 is 4.74 Å². The van der Waals surface area contributed by atoms with E-state index in [0.717, 1.165) is 32.1 Å². The van der Waals surface area contributed by atoms with Crippen LogP contribution in [-0.2, 0) is 9.47 Å². The lowest BCUT2D eigenvalue weighted by molar-refractivity contribution is -0.178. The quantitative estimate of drug-likeness (QED) is 0.836. The van der Waals surface area contributed by atoms with Crippen LogP contribution in [0.25, 0.3) is 0 Å². The molecule has 2 fully saturated rings. The number of hydrogen-bond donors (Lipinski definition) is 0. The Hall–Kier alpha value is -1.20. The maximum atomic E-state index is 14.3. The fourth-order valence-corrected chi connectivity index (χ4v) is 3.34. The second-order valence-electron chi connectivity index (χ2n) is 6.01. The molecule has 0 amide bonds. The molecule has 1 aromatic rings. The first-order valence-electron chi connectivity index (χ1n) is 8.04. The molecule has 122 valence electrons. The van der Waals surface area contributed by atoms with Gasteiger partial charge in [0.2, 0.25) is 5.82 Å². The van der Waals surface area contributed by atoms with E-state index in [0.29, 0.717) is 25.4 Å². The van der Waals surface area contributed by atoms with E-state index in [1.54, 1.807) is 6.07 Å². The summed E-state index contributed by atoms with van der Waals surface area (Å²) >= 11 is 0. The first kappa shape index (κ1) is 15.7. The van der Waals surface area contributed by atoms with Crippen molar-refractivity contribution in [2.24, 2.45) is 0 Å². The predicted octanol–water partition coefficient (Wildman–Crippen LogP) is 4.15. The van der Waals surface area contributed by atoms with E-state index in [4.69, 9.17) is 14.2 Å². The molecule has 3 rings (SSSR count). The third kappa shape index (κ3) is 2.97. The third-order valence-corrected chi connectivity index (χ3v) is 4.54. The Kier molecular flexibility index (Phi) is 4.64. The second-order valence-corrected chi connectivity index (χ2v) is 6.01. The Morgan fingerprint density at radius 3 is 2.45 bits per heavy atom. The first-order valence-corrected chi connectivity index (χ1v) is 8.04. The van der Waals surface area contributed by atoms with E-state index >= 15 is 0 Å². The maximum Gasteiger partial charge on any atom is 0.200 e. The summed E-state index contributed by atoms with van der Waals surface area (Å²) in [6, 6.07) is 3.19. The summed E-state index contributed by atoms with van der Waals surface area (Å²) in [5.41, 5.74) is 0.439. The zero-order chi connectivity index (χ0) is 15.6. The molecular weight excluding hydrogens is 290 g/mol. The van der Waals surface area contributed by atoms with Gasteiger partial charge in [-0.2, -0.15) is 4.39 Å². The third-order valence-electron chi connectivity index (χ3n) is 4.54. The lowest BCUT2D eigenvalue weighted by Crippen LogP contribution is -2.34. The average molecular weight is 312 g/mol. The zero-order valence-electron chi connectivity index (χ0n) is 12.9. The molecule has 0 radical (unpaired) electrons. The highest BCUT2D eigenvalue weighted by atomic mass is 19.2. The Labute approximate surface area is 129 Å². The van der Waals surface area contributed by atoms with E-state index in [9.17, 15) is 8.78 Å². The second kappa shape index (κ2) is 6.50. The Bertz CT molecular complexity index is 517. The van der Waals surface area contributed by atoms with Gasteiger partial charge in [-0.25, -0.2) is 4.39 Å². The van der Waals surface area contributed by atoms with Gasteiger partial charge >= 0.3 is 0 Å². The van der Waals surface area contributed by atoms with Crippen molar-refractivity contribution in [3.63, 3.8) is 0 Å². The van der Waals surface area contributed by atoms with Crippen molar-refractivity contribution < 1.29 is 23.0 Å². The van der Waals surface area contributed by atoms with E-state index < -0.39 is 17.4 Å². The van der Waals surface area contributed by atoms with Crippen molar-refractivity contribution >= 4 is 0 Å². The van der Waals surface area contributed by atoms with Gasteiger partial charge in [-0.3, -0.25) is 0 Å². The molecule has 1 aromatic carbocycles. The SMILES string of the molecule is CCCOc1ccc(C2CCC3(CC2)OCCO3)c(F)c1F. The number of hydrogen-bond acceptors (Lipinski definition) is 3. The van der Waals surface area contributed by atoms with Crippen LogP contribution in [0.3, 0.4) is 0 Å². The predicted molar refractivity (Wildman–Crippen MR) is 78.0 cm³/mol. The molecule has 0 aromatic heterocycles. The normalized spacial score (nSPS) is 21.4. The summed E-state index contributed by atoms with van der Waals surface area (Å²) in [6.07, 6.45) is 3.70. The van der Waals surface area contributed by atoms with Crippen molar-refractivity contribution in [1.82, 2.24) is 0 Å². The molecule has 1 saturated heterocycles. The van der Waals surface area contributed by atoms with Crippen LogP contribution in [0, 0.1) is 11.6 Å². The highest BCUT2D eigenvalue weighted by Crippen LogP contribution is 2.43. The highest BCUT2D eigenvalue weighted by molar-refractivity contribution is 5.33. The van der Waals surface area contributed by atoms with Crippen molar-refractivity contribution in [3.8, 4) is 5.75 Å². The lowest BCUT2D eigenvalue weighted by Gasteiger charge is -2.35. The summed E-state index contributed by atoms with van der Waals surface area (Å²) in [4.78, 5) is 0. The number of rotatable bonds is 4. The van der Waals surface area contributed by atoms with Gasteiger partial charge < -0.3 is 14.2 Å². The van der Waals surface area contributed by atoms with Crippen LogP contribution in [0.4, 0.5) is 8.78 Å². The number of halogens is 2. The minimum atomic E-state index is -0.875. The molecular formula is C17H22F2O3. The van der Waals surface area contributed by atoms with Crippen LogP contribution in [0.2, 0.25) is 0 Å². The van der Waals surface area contributed by atoms with Crippen LogP contribution in [0.5, 0.6) is 5.75 Å². The molecule has 22 heavy (non-hydrogen) atoms. The summed E-state index contributed by atoms with van der Waals surface area (Å²) in [5, 5.41) is 0. The standard InChI is InChI=1S/C17H22F2O3/c1-2-9-20-14-4-3-13(15(18)16(14)19)12-5-7-17(8-6-12)21-10-11-22-17/h3-4,12H,2,5-11H2,1H3. The van der Waals surface area contributed by atoms with Crippen LogP contribution in [0.1, 0.15) is 50.5 Å². The van der Waals surface area contributed by atoms with Crippen LogP contribution >= 0.6 is 0 Å². The fourth-order valence-electron chi connectivity index (χ4n) is 3.34. The lowest BCUT2D eigenvalue weighted by atomic mass is 9.80.